The first-order valence-electron chi connectivity index (χ1n) is 10.2. The Morgan fingerprint density at radius 1 is 0.935 bits per heavy atom. The van der Waals surface area contributed by atoms with Gasteiger partial charge in [-0.05, 0) is 66.1 Å². The first-order chi connectivity index (χ1) is 15.1. The van der Waals surface area contributed by atoms with Gasteiger partial charge in [-0.1, -0.05) is 24.3 Å². The van der Waals surface area contributed by atoms with Crippen LogP contribution in [0.15, 0.2) is 72.8 Å². The third kappa shape index (κ3) is 4.92. The summed E-state index contributed by atoms with van der Waals surface area (Å²) in [7, 11) is 1.58. The van der Waals surface area contributed by atoms with Crippen LogP contribution in [-0.2, 0) is 11.2 Å². The Balaban J connectivity index is 1.33. The molecule has 0 aliphatic carbocycles. The zero-order valence-corrected chi connectivity index (χ0v) is 17.3. The number of carbonyl (C=O) groups excluding carboxylic acids is 2. The first-order valence-corrected chi connectivity index (χ1v) is 10.2. The molecule has 0 bridgehead atoms. The fourth-order valence-electron chi connectivity index (χ4n) is 3.58. The van der Waals surface area contributed by atoms with Crippen LogP contribution in [0.3, 0.4) is 0 Å². The van der Waals surface area contributed by atoms with Crippen LogP contribution < -0.4 is 15.4 Å². The number of hydrogen-bond donors (Lipinski definition) is 2. The molecule has 2 N–H and O–H groups in total. The Bertz CT molecular complexity index is 1060. The Kier molecular flexibility index (Phi) is 6.29. The largest absolute Gasteiger partial charge is 0.497 e. The molecule has 4 rings (SSSR count). The molecule has 1 aliphatic rings. The maximum Gasteiger partial charge on any atom is 0.255 e. The zero-order chi connectivity index (χ0) is 21.6. The van der Waals surface area contributed by atoms with Crippen molar-refractivity contribution in [2.45, 2.75) is 12.5 Å². The average Bonchev–Trinajstić information content (AvgIpc) is 2.83. The minimum atomic E-state index is -0.229. The second kappa shape index (κ2) is 9.45. The van der Waals surface area contributed by atoms with Gasteiger partial charge in [-0.15, -0.1) is 0 Å². The van der Waals surface area contributed by atoms with E-state index in [-0.39, 0.29) is 17.9 Å². The van der Waals surface area contributed by atoms with Crippen molar-refractivity contribution in [3.63, 3.8) is 0 Å². The molecule has 1 atom stereocenters. The summed E-state index contributed by atoms with van der Waals surface area (Å²) in [5.74, 6) is 0.279. The van der Waals surface area contributed by atoms with Gasteiger partial charge in [0.25, 0.3) is 11.8 Å². The van der Waals surface area contributed by atoms with Crippen LogP contribution in [0.4, 0.5) is 5.69 Å². The van der Waals surface area contributed by atoms with Crippen LogP contribution in [-0.4, -0.2) is 32.1 Å². The molecule has 31 heavy (non-hydrogen) atoms. The molecule has 158 valence electrons. The van der Waals surface area contributed by atoms with E-state index in [2.05, 4.69) is 16.7 Å². The van der Waals surface area contributed by atoms with Crippen LogP contribution in [0.2, 0.25) is 0 Å². The van der Waals surface area contributed by atoms with Crippen LogP contribution in [0.25, 0.3) is 0 Å². The van der Waals surface area contributed by atoms with E-state index >= 15 is 0 Å². The van der Waals surface area contributed by atoms with E-state index in [1.807, 2.05) is 18.2 Å². The lowest BCUT2D eigenvalue weighted by Crippen LogP contribution is -2.31. The molecule has 0 radical (unpaired) electrons. The normalized spacial score (nSPS) is 14.9. The lowest BCUT2D eigenvalue weighted by atomic mass is 9.97. The Morgan fingerprint density at radius 3 is 2.35 bits per heavy atom. The van der Waals surface area contributed by atoms with E-state index in [9.17, 15) is 9.59 Å². The fourth-order valence-corrected chi connectivity index (χ4v) is 3.58. The van der Waals surface area contributed by atoms with E-state index in [0.29, 0.717) is 35.7 Å². The molecule has 1 aliphatic heterocycles. The predicted molar refractivity (Wildman–Crippen MR) is 119 cm³/mol. The first kappa shape index (κ1) is 20.6. The summed E-state index contributed by atoms with van der Waals surface area (Å²) < 4.78 is 10.9. The van der Waals surface area contributed by atoms with Crippen LogP contribution in [0.1, 0.15) is 37.9 Å². The summed E-state index contributed by atoms with van der Waals surface area (Å²) in [6, 6.07) is 21.8. The van der Waals surface area contributed by atoms with Crippen LogP contribution in [0.5, 0.6) is 5.75 Å². The second-order valence-corrected chi connectivity index (χ2v) is 7.28. The van der Waals surface area contributed by atoms with E-state index in [4.69, 9.17) is 9.47 Å². The average molecular weight is 416 g/mol. The highest BCUT2D eigenvalue weighted by molar-refractivity contribution is 6.04. The van der Waals surface area contributed by atoms with Crippen molar-refractivity contribution < 1.29 is 19.1 Å². The lowest BCUT2D eigenvalue weighted by Gasteiger charge is -2.26. The van der Waals surface area contributed by atoms with E-state index in [1.54, 1.807) is 55.6 Å². The zero-order valence-electron chi connectivity index (χ0n) is 17.3. The molecule has 0 saturated heterocycles. The van der Waals surface area contributed by atoms with Gasteiger partial charge in [0.15, 0.2) is 0 Å². The molecule has 2 amide bonds. The smallest absolute Gasteiger partial charge is 0.255 e. The number of nitrogens with one attached hydrogen (secondary N) is 2. The van der Waals surface area contributed by atoms with Gasteiger partial charge in [0, 0.05) is 23.4 Å². The highest BCUT2D eigenvalue weighted by Gasteiger charge is 2.21. The van der Waals surface area contributed by atoms with Gasteiger partial charge in [-0.25, -0.2) is 0 Å². The highest BCUT2D eigenvalue weighted by atomic mass is 16.5. The monoisotopic (exact) mass is 416 g/mol. The molecule has 0 saturated carbocycles. The molecule has 3 aromatic carbocycles. The topological polar surface area (TPSA) is 76.7 Å². The van der Waals surface area contributed by atoms with Gasteiger partial charge in [0.05, 0.1) is 13.7 Å². The fraction of sp³-hybridized carbons (Fsp3) is 0.200. The molecule has 6 nitrogen and oxygen atoms in total. The molecule has 0 spiro atoms. The summed E-state index contributed by atoms with van der Waals surface area (Å²) in [5, 5.41) is 5.77. The molecule has 1 unspecified atom stereocenters. The number of ether oxygens (including phenoxy) is 2. The number of carbonyl (C=O) groups is 2. The summed E-state index contributed by atoms with van der Waals surface area (Å²) in [6.45, 7) is 1.06. The number of amides is 2. The van der Waals surface area contributed by atoms with Gasteiger partial charge < -0.3 is 20.1 Å². The number of rotatable bonds is 6. The molecule has 0 aromatic heterocycles. The quantitative estimate of drug-likeness (QED) is 0.637. The van der Waals surface area contributed by atoms with E-state index < -0.39 is 0 Å². The molecule has 3 aromatic rings. The van der Waals surface area contributed by atoms with Crippen molar-refractivity contribution in [1.82, 2.24) is 5.32 Å². The maximum absolute atomic E-state index is 12.5. The molecule has 6 heteroatoms. The molecule has 0 fully saturated rings. The number of methoxy groups -OCH3 is 1. The second-order valence-electron chi connectivity index (χ2n) is 7.28. The predicted octanol–water partition coefficient (Wildman–Crippen LogP) is 3.99. The third-order valence-electron chi connectivity index (χ3n) is 5.30. The minimum Gasteiger partial charge on any atom is -0.497 e. The van der Waals surface area contributed by atoms with Crippen LogP contribution >= 0.6 is 0 Å². The van der Waals surface area contributed by atoms with Gasteiger partial charge in [0.2, 0.25) is 0 Å². The van der Waals surface area contributed by atoms with Crippen molar-refractivity contribution in [3.05, 3.63) is 95.1 Å². The Labute approximate surface area is 181 Å². The minimum absolute atomic E-state index is 0.142. The van der Waals surface area contributed by atoms with Crippen LogP contribution in [0, 0.1) is 0 Å². The molecular weight excluding hydrogens is 392 g/mol. The summed E-state index contributed by atoms with van der Waals surface area (Å²) >= 11 is 0. The number of fused-ring (bicyclic) bond motifs is 1. The van der Waals surface area contributed by atoms with Crippen molar-refractivity contribution in [3.8, 4) is 5.75 Å². The van der Waals surface area contributed by atoms with Crippen molar-refractivity contribution >= 4 is 17.5 Å². The van der Waals surface area contributed by atoms with Gasteiger partial charge in [0.1, 0.15) is 11.9 Å². The Morgan fingerprint density at radius 2 is 1.61 bits per heavy atom. The highest BCUT2D eigenvalue weighted by Crippen LogP contribution is 2.26. The van der Waals surface area contributed by atoms with Gasteiger partial charge in [-0.3, -0.25) is 9.59 Å². The number of benzene rings is 3. The standard InChI is InChI=1S/C25H24N2O4/c1-30-21-12-8-19(9-13-21)25(29)27-20-10-6-18(7-11-20)24(28)26-16-23-22-5-3-2-4-17(22)14-15-31-23/h2-13,23H,14-16H2,1H3,(H,26,28)(H,27,29). The SMILES string of the molecule is COc1ccc(C(=O)Nc2ccc(C(=O)NCC3OCCc4ccccc43)cc2)cc1. The Hall–Kier alpha value is -3.64. The number of hydrogen-bond acceptors (Lipinski definition) is 4. The summed E-state index contributed by atoms with van der Waals surface area (Å²) in [5.41, 5.74) is 4.06. The van der Waals surface area contributed by atoms with E-state index in [0.717, 1.165) is 12.0 Å². The summed E-state index contributed by atoms with van der Waals surface area (Å²) in [6.07, 6.45) is 0.751. The van der Waals surface area contributed by atoms with Crippen molar-refractivity contribution in [2.75, 3.05) is 25.6 Å². The van der Waals surface area contributed by atoms with Gasteiger partial charge >= 0.3 is 0 Å². The van der Waals surface area contributed by atoms with Crippen molar-refractivity contribution in [1.29, 1.82) is 0 Å². The van der Waals surface area contributed by atoms with E-state index in [1.165, 1.54) is 5.56 Å². The summed E-state index contributed by atoms with van der Waals surface area (Å²) in [4.78, 5) is 24.9. The maximum atomic E-state index is 12.5. The number of anilines is 1. The van der Waals surface area contributed by atoms with Gasteiger partial charge in [-0.2, -0.15) is 0 Å². The third-order valence-corrected chi connectivity index (χ3v) is 5.30. The molecule has 1 heterocycles. The van der Waals surface area contributed by atoms with Crippen molar-refractivity contribution in [2.24, 2.45) is 0 Å². The molecular formula is C25H24N2O4. The lowest BCUT2D eigenvalue weighted by molar-refractivity contribution is 0.0411.